The number of carbonyl (C=O) groups is 3. The number of nitrogens with two attached hydrogens (primary N) is 1. The summed E-state index contributed by atoms with van der Waals surface area (Å²) >= 11 is 1.02. The first-order valence-electron chi connectivity index (χ1n) is 7.22. The van der Waals surface area contributed by atoms with Crippen molar-refractivity contribution in [2.45, 2.75) is 19.0 Å². The van der Waals surface area contributed by atoms with Gasteiger partial charge in [0.1, 0.15) is 18.3 Å². The van der Waals surface area contributed by atoms with Crippen molar-refractivity contribution < 1.29 is 36.9 Å². The number of oxime groups is 1. The van der Waals surface area contributed by atoms with Crippen molar-refractivity contribution in [3.05, 3.63) is 11.1 Å². The maximum atomic E-state index is 12.5. The number of nitrogens with zero attached hydrogens (tertiary/aromatic N) is 3. The number of nitrogens with one attached hydrogen (secondary N) is 1. The van der Waals surface area contributed by atoms with E-state index in [4.69, 9.17) is 15.1 Å². The molecule has 2 heterocycles. The zero-order chi connectivity index (χ0) is 20.4. The monoisotopic (exact) mass is 445 g/mol. The van der Waals surface area contributed by atoms with Gasteiger partial charge in [-0.1, -0.05) is 5.16 Å². The van der Waals surface area contributed by atoms with E-state index in [0.29, 0.717) is 0 Å². The second-order valence-corrected chi connectivity index (χ2v) is 7.14. The molecule has 1 fully saturated rings. The second kappa shape index (κ2) is 9.62. The molecule has 1 aliphatic rings. The Labute approximate surface area is 185 Å². The van der Waals surface area contributed by atoms with E-state index < -0.39 is 40.2 Å². The molecule has 0 spiro atoms. The summed E-state index contributed by atoms with van der Waals surface area (Å²) in [6.45, 7) is 1.74. The fourth-order valence-corrected chi connectivity index (χ4v) is 3.54. The molecule has 13 nitrogen and oxygen atoms in total. The molecule has 2 atom stereocenters. The van der Waals surface area contributed by atoms with Crippen molar-refractivity contribution in [2.75, 3.05) is 19.5 Å². The van der Waals surface area contributed by atoms with E-state index >= 15 is 0 Å². The van der Waals surface area contributed by atoms with Gasteiger partial charge in [-0.3, -0.25) is 14.1 Å². The molecule has 2 amide bonds. The standard InChI is InChI=1S/C12H15N5O8S2.Na.H/c1-3-25-16-6(5-4-26-12(13)14-5)9(18)15-7-8(11(20)24-2)17(10(7)19)27(21,22)23;;/h4,7-8H,3H2,1-2H3,(H2,13,14)(H,15,18)(H,21,22,23);;/b16-6-;;. The van der Waals surface area contributed by atoms with Crippen LogP contribution in [0.3, 0.4) is 0 Å². The number of nitrogen functional groups attached to an aromatic ring is 1. The van der Waals surface area contributed by atoms with Crippen LogP contribution in [-0.4, -0.2) is 101 Å². The van der Waals surface area contributed by atoms with Crippen LogP contribution in [0.4, 0.5) is 5.13 Å². The summed E-state index contributed by atoms with van der Waals surface area (Å²) in [4.78, 5) is 45.0. The predicted octanol–water partition coefficient (Wildman–Crippen LogP) is -2.51. The number of anilines is 1. The fraction of sp³-hybridized carbons (Fsp3) is 0.417. The summed E-state index contributed by atoms with van der Waals surface area (Å²) in [5.41, 5.74) is 5.23. The van der Waals surface area contributed by atoms with Crippen molar-refractivity contribution in [1.29, 1.82) is 0 Å². The van der Waals surface area contributed by atoms with E-state index in [-0.39, 0.29) is 57.0 Å². The molecule has 0 aliphatic carbocycles. The number of carbonyl (C=O) groups excluding carboxylic acids is 3. The SMILES string of the molecule is CCO/N=C(\C(=O)NC1C(=O)N(S(=O)(=O)O)C1C(=O)OC)c1csc(N)n1.[NaH]. The molecule has 1 saturated heterocycles. The summed E-state index contributed by atoms with van der Waals surface area (Å²) in [6.07, 6.45) is 0. The molecular weight excluding hydrogens is 429 g/mol. The van der Waals surface area contributed by atoms with Crippen molar-refractivity contribution in [3.63, 3.8) is 0 Å². The van der Waals surface area contributed by atoms with Gasteiger partial charge in [0.2, 0.25) is 0 Å². The van der Waals surface area contributed by atoms with Gasteiger partial charge in [-0.2, -0.15) is 12.7 Å². The number of rotatable bonds is 7. The van der Waals surface area contributed by atoms with Crippen LogP contribution >= 0.6 is 11.3 Å². The molecule has 16 heteroatoms. The van der Waals surface area contributed by atoms with Crippen LogP contribution in [0.15, 0.2) is 10.5 Å². The number of β-lactam (4-membered cyclic amide) rings is 1. The number of hydrogen-bond acceptors (Lipinski definition) is 11. The normalized spacial score (nSPS) is 19.3. The Morgan fingerprint density at radius 2 is 2.14 bits per heavy atom. The van der Waals surface area contributed by atoms with Gasteiger partial charge in [0.25, 0.3) is 11.8 Å². The van der Waals surface area contributed by atoms with E-state index in [1.54, 1.807) is 6.92 Å². The molecule has 0 aromatic carbocycles. The average Bonchev–Trinajstić information content (AvgIpc) is 3.01. The van der Waals surface area contributed by atoms with Crippen LogP contribution < -0.4 is 11.1 Å². The van der Waals surface area contributed by atoms with Gasteiger partial charge in [0.05, 0.1) is 7.11 Å². The van der Waals surface area contributed by atoms with E-state index in [2.05, 4.69) is 20.2 Å². The predicted molar refractivity (Wildman–Crippen MR) is 98.0 cm³/mol. The van der Waals surface area contributed by atoms with Crippen LogP contribution in [0, 0.1) is 0 Å². The van der Waals surface area contributed by atoms with Crippen LogP contribution in [0.25, 0.3) is 0 Å². The van der Waals surface area contributed by atoms with Crippen molar-refractivity contribution in [2.24, 2.45) is 5.16 Å². The van der Waals surface area contributed by atoms with E-state index in [0.717, 1.165) is 18.4 Å². The van der Waals surface area contributed by atoms with E-state index in [9.17, 15) is 22.8 Å². The number of hydrogen-bond donors (Lipinski definition) is 3. The molecule has 0 saturated carbocycles. The zero-order valence-electron chi connectivity index (χ0n) is 14.0. The molecule has 28 heavy (non-hydrogen) atoms. The van der Waals surface area contributed by atoms with Gasteiger partial charge in [-0.25, -0.2) is 9.78 Å². The number of thiazole rings is 1. The molecule has 2 unspecified atom stereocenters. The van der Waals surface area contributed by atoms with Crippen molar-refractivity contribution >= 4 is 79.8 Å². The third-order valence-electron chi connectivity index (χ3n) is 3.29. The minimum absolute atomic E-state index is 0. The first-order valence-corrected chi connectivity index (χ1v) is 9.50. The minimum atomic E-state index is -5.02. The van der Waals surface area contributed by atoms with Gasteiger partial charge in [0.15, 0.2) is 16.9 Å². The first kappa shape index (κ1) is 24.3. The third kappa shape index (κ3) is 4.98. The van der Waals surface area contributed by atoms with Crippen molar-refractivity contribution in [1.82, 2.24) is 14.6 Å². The molecule has 1 aromatic heterocycles. The van der Waals surface area contributed by atoms with Crippen LogP contribution in [0.1, 0.15) is 12.6 Å². The van der Waals surface area contributed by atoms with Gasteiger partial charge >= 0.3 is 45.8 Å². The van der Waals surface area contributed by atoms with Gasteiger partial charge in [-0.05, 0) is 6.92 Å². The summed E-state index contributed by atoms with van der Waals surface area (Å²) in [6, 6.07) is -3.37. The Morgan fingerprint density at radius 3 is 2.61 bits per heavy atom. The number of methoxy groups -OCH3 is 1. The van der Waals surface area contributed by atoms with Crippen LogP contribution in [0.2, 0.25) is 0 Å². The summed E-state index contributed by atoms with van der Waals surface area (Å²) in [5, 5.41) is 7.32. The summed E-state index contributed by atoms with van der Waals surface area (Å²) in [7, 11) is -4.07. The number of ether oxygens (including phenoxy) is 1. The quantitative estimate of drug-likeness (QED) is 0.101. The summed E-state index contributed by atoms with van der Waals surface area (Å²) in [5.74, 6) is -3.36. The Balaban J connectivity index is 0.00000392. The molecule has 1 aromatic rings. The Hall–Kier alpha value is -1.78. The van der Waals surface area contributed by atoms with Crippen molar-refractivity contribution in [3.8, 4) is 0 Å². The second-order valence-electron chi connectivity index (χ2n) is 4.96. The Morgan fingerprint density at radius 1 is 1.50 bits per heavy atom. The number of aromatic nitrogens is 1. The van der Waals surface area contributed by atoms with Gasteiger partial charge in [-0.15, -0.1) is 11.3 Å². The molecule has 0 radical (unpaired) electrons. The number of amides is 2. The van der Waals surface area contributed by atoms with Crippen LogP contribution in [0.5, 0.6) is 0 Å². The number of esters is 1. The Bertz CT molecular complexity index is 902. The zero-order valence-corrected chi connectivity index (χ0v) is 15.6. The molecule has 0 bridgehead atoms. The molecule has 4 N–H and O–H groups in total. The topological polar surface area (TPSA) is 191 Å². The molecular formula is C12H16N5NaO8S2. The van der Waals surface area contributed by atoms with Gasteiger partial charge in [0, 0.05) is 5.38 Å². The van der Waals surface area contributed by atoms with Gasteiger partial charge < -0.3 is 20.6 Å². The Kier molecular flexibility index (Phi) is 8.33. The average molecular weight is 445 g/mol. The van der Waals surface area contributed by atoms with E-state index in [1.165, 1.54) is 5.38 Å². The van der Waals surface area contributed by atoms with Crippen LogP contribution in [-0.2, 0) is 34.3 Å². The fourth-order valence-electron chi connectivity index (χ4n) is 2.15. The molecule has 2 rings (SSSR count). The van der Waals surface area contributed by atoms with E-state index in [1.807, 2.05) is 0 Å². The third-order valence-corrected chi connectivity index (χ3v) is 4.87. The molecule has 1 aliphatic heterocycles. The maximum absolute atomic E-state index is 12.5. The molecule has 150 valence electrons. The summed E-state index contributed by atoms with van der Waals surface area (Å²) < 4.78 is 35.9. The first-order chi connectivity index (χ1) is 12.6.